The van der Waals surface area contributed by atoms with Gasteiger partial charge in [-0.3, -0.25) is 9.69 Å². The molecule has 7 nitrogen and oxygen atoms in total. The van der Waals surface area contributed by atoms with Crippen LogP contribution in [0.25, 0.3) is 0 Å². The highest BCUT2D eigenvalue weighted by atomic mass is 32.2. The molecule has 3 amide bonds. The Morgan fingerprint density at radius 1 is 0.865 bits per heavy atom. The summed E-state index contributed by atoms with van der Waals surface area (Å²) in [6, 6.07) is 8.67. The summed E-state index contributed by atoms with van der Waals surface area (Å²) in [4.78, 5) is 25.8. The fourth-order valence-corrected chi connectivity index (χ4v) is 4.52. The van der Waals surface area contributed by atoms with Crippen LogP contribution in [0.3, 0.4) is 0 Å². The fraction of sp³-hybridized carbons (Fsp3) is 0.0909. The molecule has 0 aliphatic carbocycles. The lowest BCUT2D eigenvalue weighted by molar-refractivity contribution is -0.0328. The summed E-state index contributed by atoms with van der Waals surface area (Å²) < 4.78 is 111. The molecule has 0 atom stereocenters. The van der Waals surface area contributed by atoms with E-state index in [0.717, 1.165) is 37.4 Å². The second-order valence-electron chi connectivity index (χ2n) is 7.02. The summed E-state index contributed by atoms with van der Waals surface area (Å²) in [6.45, 7) is 0. The number of hydrogen-bond donors (Lipinski definition) is 0. The van der Waals surface area contributed by atoms with Crippen molar-refractivity contribution >= 4 is 39.7 Å². The van der Waals surface area contributed by atoms with Crippen LogP contribution >= 0.6 is 11.8 Å². The highest BCUT2D eigenvalue weighted by Crippen LogP contribution is 2.38. The highest BCUT2D eigenvalue weighted by Gasteiger charge is 2.41. The smallest absolute Gasteiger partial charge is 0.366 e. The number of hydrogen-bond acceptors (Lipinski definition) is 6. The minimum absolute atomic E-state index is 0.250. The van der Waals surface area contributed by atoms with Crippen molar-refractivity contribution in [3.63, 3.8) is 0 Å². The van der Waals surface area contributed by atoms with Crippen molar-refractivity contribution in [2.45, 2.75) is 10.4 Å². The van der Waals surface area contributed by atoms with E-state index in [1.807, 2.05) is 0 Å². The number of halogens is 6. The minimum Gasteiger partial charge on any atom is -0.366 e. The van der Waals surface area contributed by atoms with Crippen LogP contribution in [0.2, 0.25) is 0 Å². The predicted molar refractivity (Wildman–Crippen MR) is 121 cm³/mol. The number of thioether (sulfide) groups is 1. The topological polar surface area (TPSA) is 84.0 Å². The highest BCUT2D eigenvalue weighted by molar-refractivity contribution is 8.00. The van der Waals surface area contributed by atoms with Gasteiger partial charge in [-0.1, -0.05) is 24.3 Å². The number of carbonyl (C=O) groups is 2. The predicted octanol–water partition coefficient (Wildman–Crippen LogP) is 5.74. The molecule has 0 saturated carbocycles. The summed E-state index contributed by atoms with van der Waals surface area (Å²) in [5.74, 6) is -6.81. The number of alkyl halides is 3. The lowest BCUT2D eigenvalue weighted by Crippen LogP contribution is -2.50. The molecule has 0 saturated heterocycles. The average Bonchev–Trinajstić information content (AvgIpc) is 2.77. The van der Waals surface area contributed by atoms with Gasteiger partial charge in [-0.15, -0.1) is 4.31 Å². The number of imide groups is 1. The van der Waals surface area contributed by atoms with Gasteiger partial charge < -0.3 is 4.18 Å². The van der Waals surface area contributed by atoms with E-state index in [1.54, 1.807) is 0 Å². The molecule has 0 fully saturated rings. The fourth-order valence-electron chi connectivity index (χ4n) is 2.92. The molecule has 0 N–H and O–H groups in total. The zero-order valence-corrected chi connectivity index (χ0v) is 20.0. The number of anilines is 1. The molecule has 0 aliphatic rings. The maximum Gasteiger partial charge on any atom is 0.446 e. The Morgan fingerprint density at radius 3 is 2.00 bits per heavy atom. The molecule has 0 radical (unpaired) electrons. The van der Waals surface area contributed by atoms with Crippen LogP contribution in [-0.4, -0.2) is 37.2 Å². The SMILES string of the molecule is CN(C(=O)N(C(=O)c1c(F)cccc1F)S(=O)(=O)Oc1ccccc1)c1ccc(SC(F)(F)F)cc1F. The number of urea groups is 1. The molecule has 37 heavy (non-hydrogen) atoms. The normalized spacial score (nSPS) is 11.6. The largest absolute Gasteiger partial charge is 0.446 e. The second kappa shape index (κ2) is 10.7. The Bertz CT molecular complexity index is 1410. The number of benzene rings is 3. The standard InChI is InChI=1S/C22H14F6N2O5S2/c1-29(18-11-10-14(12-17(18)25)36-22(26,27)28)21(32)30(20(31)19-15(23)8-5-9-16(19)24)37(33,34)35-13-6-3-2-4-7-13/h2-12H,1H3. The molecule has 15 heteroatoms. The summed E-state index contributed by atoms with van der Waals surface area (Å²) in [5.41, 5.74) is -6.92. The third-order valence-corrected chi connectivity index (χ3v) is 6.40. The Hall–Kier alpha value is -3.72. The number of para-hydroxylation sites is 1. The van der Waals surface area contributed by atoms with Crippen LogP contribution in [0.5, 0.6) is 5.75 Å². The van der Waals surface area contributed by atoms with Gasteiger partial charge >= 0.3 is 21.8 Å². The first-order chi connectivity index (χ1) is 17.2. The van der Waals surface area contributed by atoms with E-state index in [0.29, 0.717) is 18.2 Å². The van der Waals surface area contributed by atoms with E-state index in [1.165, 1.54) is 18.2 Å². The Kier molecular flexibility index (Phi) is 8.07. The molecule has 0 unspecified atom stereocenters. The summed E-state index contributed by atoms with van der Waals surface area (Å²) in [5, 5.41) is 0. The van der Waals surface area contributed by atoms with Gasteiger partial charge in [-0.05, 0) is 54.2 Å². The van der Waals surface area contributed by atoms with Gasteiger partial charge in [0.2, 0.25) is 0 Å². The number of amides is 3. The van der Waals surface area contributed by atoms with Crippen LogP contribution in [0.4, 0.5) is 36.8 Å². The van der Waals surface area contributed by atoms with Crippen LogP contribution in [0.15, 0.2) is 71.6 Å². The van der Waals surface area contributed by atoms with Crippen molar-refractivity contribution in [3.05, 3.63) is 89.7 Å². The molecular formula is C22H14F6N2O5S2. The molecular weight excluding hydrogens is 550 g/mol. The molecule has 3 aromatic rings. The lowest BCUT2D eigenvalue weighted by Gasteiger charge is -2.26. The van der Waals surface area contributed by atoms with Gasteiger partial charge in [0.05, 0.1) is 5.69 Å². The second-order valence-corrected chi connectivity index (χ2v) is 9.55. The van der Waals surface area contributed by atoms with Gasteiger partial charge in [0, 0.05) is 11.9 Å². The molecule has 3 aromatic carbocycles. The maximum atomic E-state index is 14.6. The van der Waals surface area contributed by atoms with Crippen molar-refractivity contribution in [3.8, 4) is 5.75 Å². The van der Waals surface area contributed by atoms with E-state index in [4.69, 9.17) is 4.18 Å². The zero-order chi connectivity index (χ0) is 27.5. The van der Waals surface area contributed by atoms with Gasteiger partial charge in [-0.25, -0.2) is 18.0 Å². The molecule has 0 bridgehead atoms. The molecule has 3 rings (SSSR count). The summed E-state index contributed by atoms with van der Waals surface area (Å²) in [7, 11) is -4.68. The first-order valence-electron chi connectivity index (χ1n) is 9.82. The van der Waals surface area contributed by atoms with Crippen LogP contribution in [0, 0.1) is 17.5 Å². The maximum absolute atomic E-state index is 14.6. The van der Waals surface area contributed by atoms with E-state index in [-0.39, 0.29) is 10.6 Å². The van der Waals surface area contributed by atoms with Crippen molar-refractivity contribution in [1.29, 1.82) is 0 Å². The third kappa shape index (κ3) is 6.54. The van der Waals surface area contributed by atoms with E-state index in [9.17, 15) is 44.3 Å². The lowest BCUT2D eigenvalue weighted by atomic mass is 10.2. The summed E-state index contributed by atoms with van der Waals surface area (Å²) >= 11 is -0.646. The van der Waals surface area contributed by atoms with Crippen LogP contribution in [0.1, 0.15) is 10.4 Å². The van der Waals surface area contributed by atoms with E-state index < -0.39 is 77.4 Å². The van der Waals surface area contributed by atoms with Crippen molar-refractivity contribution in [2.24, 2.45) is 0 Å². The van der Waals surface area contributed by atoms with Crippen LogP contribution < -0.4 is 9.08 Å². The number of carbonyl (C=O) groups excluding carboxylic acids is 2. The zero-order valence-electron chi connectivity index (χ0n) is 18.4. The van der Waals surface area contributed by atoms with Crippen molar-refractivity contribution in [2.75, 3.05) is 11.9 Å². The molecule has 196 valence electrons. The van der Waals surface area contributed by atoms with Gasteiger partial charge in [-0.2, -0.15) is 21.6 Å². The van der Waals surface area contributed by atoms with Gasteiger partial charge in [0.1, 0.15) is 28.8 Å². The molecule has 0 aliphatic heterocycles. The molecule has 0 heterocycles. The Labute approximate surface area is 210 Å². The Morgan fingerprint density at radius 2 is 1.46 bits per heavy atom. The number of rotatable bonds is 6. The molecule has 0 aromatic heterocycles. The van der Waals surface area contributed by atoms with Gasteiger partial charge in [0.15, 0.2) is 0 Å². The monoisotopic (exact) mass is 564 g/mol. The van der Waals surface area contributed by atoms with E-state index in [2.05, 4.69) is 0 Å². The van der Waals surface area contributed by atoms with Crippen molar-refractivity contribution < 1.29 is 48.5 Å². The first-order valence-corrected chi connectivity index (χ1v) is 12.0. The van der Waals surface area contributed by atoms with Gasteiger partial charge in [0.25, 0.3) is 5.91 Å². The average molecular weight is 564 g/mol. The first kappa shape index (κ1) is 27.9. The minimum atomic E-state index is -5.47. The molecule has 0 spiro atoms. The number of nitrogens with zero attached hydrogens (tertiary/aromatic N) is 2. The summed E-state index contributed by atoms with van der Waals surface area (Å²) in [6.07, 6.45) is 0. The quantitative estimate of drug-likeness (QED) is 0.281. The third-order valence-electron chi connectivity index (χ3n) is 4.50. The van der Waals surface area contributed by atoms with Crippen LogP contribution in [-0.2, 0) is 10.3 Å². The van der Waals surface area contributed by atoms with E-state index >= 15 is 0 Å². The Balaban J connectivity index is 2.07. The van der Waals surface area contributed by atoms with Crippen molar-refractivity contribution in [1.82, 2.24) is 4.31 Å².